The van der Waals surface area contributed by atoms with Crippen molar-refractivity contribution in [2.45, 2.75) is 45.4 Å². The van der Waals surface area contributed by atoms with Crippen LogP contribution in [0.25, 0.3) is 0 Å². The van der Waals surface area contributed by atoms with Crippen LogP contribution in [0.5, 0.6) is 17.2 Å². The lowest BCUT2D eigenvalue weighted by Gasteiger charge is -2.27. The molecule has 218 valence electrons. The molecule has 0 unspecified atom stereocenters. The van der Waals surface area contributed by atoms with Gasteiger partial charge in [0, 0.05) is 25.3 Å². The molecule has 3 rings (SSSR count). The lowest BCUT2D eigenvalue weighted by Crippen LogP contribution is -2.43. The van der Waals surface area contributed by atoms with Crippen molar-refractivity contribution < 1.29 is 46.8 Å². The number of ether oxygens (including phenoxy) is 5. The third kappa shape index (κ3) is 8.37. The highest BCUT2D eigenvalue weighted by Gasteiger charge is 2.31. The van der Waals surface area contributed by atoms with Crippen LogP contribution >= 0.6 is 0 Å². The van der Waals surface area contributed by atoms with E-state index in [9.17, 15) is 23.2 Å². The maximum atomic E-state index is 14.4. The summed E-state index contributed by atoms with van der Waals surface area (Å²) in [7, 11) is 1.35. The fourth-order valence-electron chi connectivity index (χ4n) is 3.73. The summed E-state index contributed by atoms with van der Waals surface area (Å²) >= 11 is 0. The third-order valence-electron chi connectivity index (χ3n) is 5.77. The fraction of sp³-hybridized carbons (Fsp3) is 0.310. The van der Waals surface area contributed by atoms with Crippen molar-refractivity contribution >= 4 is 17.8 Å². The number of carbonyl (C=O) groups excluding carboxylic acids is 3. The maximum Gasteiger partial charge on any atom is 0.329 e. The van der Waals surface area contributed by atoms with Gasteiger partial charge in [0.1, 0.15) is 18.0 Å². The molecule has 0 saturated heterocycles. The topological polar surface area (TPSA) is 122 Å². The van der Waals surface area contributed by atoms with Gasteiger partial charge in [0.2, 0.25) is 6.79 Å². The number of hydrogen-bond acceptors (Lipinski definition) is 9. The van der Waals surface area contributed by atoms with Crippen LogP contribution in [0.3, 0.4) is 0 Å². The first-order chi connectivity index (χ1) is 19.6. The predicted molar refractivity (Wildman–Crippen MR) is 141 cm³/mol. The van der Waals surface area contributed by atoms with Gasteiger partial charge in [0.15, 0.2) is 34.9 Å². The second-order valence-corrected chi connectivity index (χ2v) is 8.69. The average Bonchev–Trinajstić information content (AvgIpc) is 2.96. The Kier molecular flexibility index (Phi) is 11.0. The van der Waals surface area contributed by atoms with Gasteiger partial charge in [0.25, 0.3) is 5.91 Å². The SMILES string of the molecule is CC[C@H](NC(=O)c1nccc(OC)c1OCOC(C)=O)C(=O)O[C@@H](C)[C@H](Oc1cc(F)ccc1F)c1ccccc1. The summed E-state index contributed by atoms with van der Waals surface area (Å²) in [4.78, 5) is 41.4. The number of esters is 2. The number of pyridine rings is 1. The fourth-order valence-corrected chi connectivity index (χ4v) is 3.73. The molecule has 0 radical (unpaired) electrons. The zero-order chi connectivity index (χ0) is 29.9. The minimum atomic E-state index is -1.12. The van der Waals surface area contributed by atoms with Gasteiger partial charge < -0.3 is 29.0 Å². The molecular weight excluding hydrogens is 542 g/mol. The van der Waals surface area contributed by atoms with Crippen molar-refractivity contribution in [2.24, 2.45) is 0 Å². The molecule has 0 spiro atoms. The lowest BCUT2D eigenvalue weighted by molar-refractivity contribution is -0.155. The molecule has 1 aromatic heterocycles. The standard InChI is InChI=1S/C29H30F2N2O8/c1-5-22(33-28(35)25-27(39-16-38-18(3)34)23(37-4)13-14-32-25)29(36)40-17(2)26(19-9-7-6-8-10-19)41-24-15-20(30)11-12-21(24)31/h6-15,17,22,26H,5,16H2,1-4H3,(H,33,35)/t17-,22-,26-/m0/s1. The molecular formula is C29H30F2N2O8. The molecule has 0 bridgehead atoms. The second-order valence-electron chi connectivity index (χ2n) is 8.69. The van der Waals surface area contributed by atoms with Gasteiger partial charge in [-0.25, -0.2) is 18.6 Å². The van der Waals surface area contributed by atoms with E-state index in [1.807, 2.05) is 0 Å². The number of nitrogens with one attached hydrogen (secondary N) is 1. The minimum absolute atomic E-state index is 0.0972. The van der Waals surface area contributed by atoms with Crippen LogP contribution in [-0.4, -0.2) is 48.9 Å². The van der Waals surface area contributed by atoms with E-state index in [4.69, 9.17) is 23.7 Å². The summed E-state index contributed by atoms with van der Waals surface area (Å²) in [6.07, 6.45) is -0.552. The van der Waals surface area contributed by atoms with Crippen LogP contribution < -0.4 is 19.5 Å². The number of halogens is 2. The summed E-state index contributed by atoms with van der Waals surface area (Å²) in [5.74, 6) is -3.98. The Labute approximate surface area is 235 Å². The van der Waals surface area contributed by atoms with Crippen molar-refractivity contribution in [3.8, 4) is 17.2 Å². The first-order valence-electron chi connectivity index (χ1n) is 12.6. The molecule has 1 amide bonds. The van der Waals surface area contributed by atoms with E-state index in [1.54, 1.807) is 37.3 Å². The number of aromatic nitrogens is 1. The van der Waals surface area contributed by atoms with Gasteiger partial charge in [-0.15, -0.1) is 0 Å². The Morgan fingerprint density at radius 2 is 1.76 bits per heavy atom. The van der Waals surface area contributed by atoms with Gasteiger partial charge in [-0.05, 0) is 31.0 Å². The van der Waals surface area contributed by atoms with Gasteiger partial charge in [-0.3, -0.25) is 9.59 Å². The Morgan fingerprint density at radius 3 is 2.41 bits per heavy atom. The van der Waals surface area contributed by atoms with Crippen LogP contribution in [0.2, 0.25) is 0 Å². The molecule has 0 aliphatic rings. The molecule has 2 aromatic carbocycles. The smallest absolute Gasteiger partial charge is 0.329 e. The largest absolute Gasteiger partial charge is 0.493 e. The highest BCUT2D eigenvalue weighted by Crippen LogP contribution is 2.31. The quantitative estimate of drug-likeness (QED) is 0.233. The second kappa shape index (κ2) is 14.6. The highest BCUT2D eigenvalue weighted by molar-refractivity contribution is 5.98. The summed E-state index contributed by atoms with van der Waals surface area (Å²) in [6.45, 7) is 3.88. The highest BCUT2D eigenvalue weighted by atomic mass is 19.1. The van der Waals surface area contributed by atoms with Crippen LogP contribution in [-0.2, 0) is 19.1 Å². The number of nitrogens with zero attached hydrogens (tertiary/aromatic N) is 1. The third-order valence-corrected chi connectivity index (χ3v) is 5.77. The lowest BCUT2D eigenvalue weighted by atomic mass is 10.0. The van der Waals surface area contributed by atoms with E-state index < -0.39 is 54.5 Å². The summed E-state index contributed by atoms with van der Waals surface area (Å²) < 4.78 is 55.0. The van der Waals surface area contributed by atoms with Crippen molar-refractivity contribution in [1.29, 1.82) is 0 Å². The van der Waals surface area contributed by atoms with Crippen LogP contribution in [0.1, 0.15) is 49.3 Å². The van der Waals surface area contributed by atoms with E-state index in [2.05, 4.69) is 10.3 Å². The number of hydrogen-bond donors (Lipinski definition) is 1. The molecule has 0 saturated carbocycles. The predicted octanol–water partition coefficient (Wildman–Crippen LogP) is 4.53. The van der Waals surface area contributed by atoms with Gasteiger partial charge in [-0.1, -0.05) is 37.3 Å². The van der Waals surface area contributed by atoms with E-state index in [-0.39, 0.29) is 29.4 Å². The molecule has 0 aliphatic heterocycles. The Hall–Kier alpha value is -4.74. The average molecular weight is 573 g/mol. The van der Waals surface area contributed by atoms with Crippen molar-refractivity contribution in [2.75, 3.05) is 13.9 Å². The molecule has 1 heterocycles. The first-order valence-corrected chi connectivity index (χ1v) is 12.6. The number of carbonyl (C=O) groups is 3. The van der Waals surface area contributed by atoms with Crippen molar-refractivity contribution in [1.82, 2.24) is 10.3 Å². The van der Waals surface area contributed by atoms with Gasteiger partial charge in [-0.2, -0.15) is 0 Å². The Morgan fingerprint density at radius 1 is 1.02 bits per heavy atom. The normalized spacial score (nSPS) is 12.8. The van der Waals surface area contributed by atoms with E-state index in [0.717, 1.165) is 18.2 Å². The molecule has 41 heavy (non-hydrogen) atoms. The van der Waals surface area contributed by atoms with Gasteiger partial charge in [0.05, 0.1) is 7.11 Å². The number of benzene rings is 2. The summed E-state index contributed by atoms with van der Waals surface area (Å²) in [5.41, 5.74) is 0.326. The number of amides is 1. The van der Waals surface area contributed by atoms with Gasteiger partial charge >= 0.3 is 11.9 Å². The molecule has 0 aliphatic carbocycles. The minimum Gasteiger partial charge on any atom is -0.493 e. The van der Waals surface area contributed by atoms with Crippen LogP contribution in [0.4, 0.5) is 8.78 Å². The van der Waals surface area contributed by atoms with E-state index in [1.165, 1.54) is 33.2 Å². The maximum absolute atomic E-state index is 14.4. The Bertz CT molecular complexity index is 1360. The van der Waals surface area contributed by atoms with E-state index >= 15 is 0 Å². The molecule has 1 N–H and O–H groups in total. The molecule has 3 aromatic rings. The molecule has 12 heteroatoms. The van der Waals surface area contributed by atoms with Crippen molar-refractivity contribution in [3.05, 3.63) is 83.7 Å². The van der Waals surface area contributed by atoms with E-state index in [0.29, 0.717) is 5.56 Å². The first kappa shape index (κ1) is 30.8. The van der Waals surface area contributed by atoms with Crippen LogP contribution in [0, 0.1) is 11.6 Å². The molecule has 10 nitrogen and oxygen atoms in total. The zero-order valence-electron chi connectivity index (χ0n) is 22.9. The van der Waals surface area contributed by atoms with Crippen LogP contribution in [0.15, 0.2) is 60.8 Å². The number of rotatable bonds is 13. The monoisotopic (exact) mass is 572 g/mol. The molecule has 0 fully saturated rings. The summed E-state index contributed by atoms with van der Waals surface area (Å²) in [6, 6.07) is 11.7. The molecule has 3 atom stereocenters. The zero-order valence-corrected chi connectivity index (χ0v) is 22.9. The van der Waals surface area contributed by atoms with Crippen molar-refractivity contribution in [3.63, 3.8) is 0 Å². The number of methoxy groups -OCH3 is 1. The summed E-state index contributed by atoms with van der Waals surface area (Å²) in [5, 5.41) is 2.55. The Balaban J connectivity index is 1.78.